The van der Waals surface area contributed by atoms with Crippen molar-refractivity contribution in [2.75, 3.05) is 19.6 Å². The van der Waals surface area contributed by atoms with Crippen molar-refractivity contribution in [3.63, 3.8) is 0 Å². The number of nitrogens with zero attached hydrogens (tertiary/aromatic N) is 1. The van der Waals surface area contributed by atoms with E-state index in [1.54, 1.807) is 0 Å². The van der Waals surface area contributed by atoms with Gasteiger partial charge >= 0.3 is 0 Å². The zero-order valence-electron chi connectivity index (χ0n) is 11.0. The zero-order chi connectivity index (χ0) is 12.0. The highest BCUT2D eigenvalue weighted by atomic mass is 16.3. The van der Waals surface area contributed by atoms with Gasteiger partial charge < -0.3 is 9.73 Å². The predicted octanol–water partition coefficient (Wildman–Crippen LogP) is 2.54. The Labute approximate surface area is 98.8 Å². The fraction of sp³-hybridized carbons (Fsp3) is 0.692. The number of hydrogen-bond donors (Lipinski definition) is 1. The van der Waals surface area contributed by atoms with E-state index in [0.717, 1.165) is 44.2 Å². The molecule has 0 aliphatic carbocycles. The monoisotopic (exact) mass is 224 g/mol. The van der Waals surface area contributed by atoms with Crippen molar-refractivity contribution in [1.82, 2.24) is 10.2 Å². The molecule has 1 heterocycles. The predicted molar refractivity (Wildman–Crippen MR) is 67.5 cm³/mol. The SMILES string of the molecule is CCNCc1cc(CN(CC)CC)oc1C. The first-order valence-electron chi connectivity index (χ1n) is 6.22. The zero-order valence-corrected chi connectivity index (χ0v) is 11.0. The van der Waals surface area contributed by atoms with E-state index in [-0.39, 0.29) is 0 Å². The van der Waals surface area contributed by atoms with Crippen molar-refractivity contribution < 1.29 is 4.42 Å². The number of aryl methyl sites for hydroxylation is 1. The number of nitrogens with one attached hydrogen (secondary N) is 1. The van der Waals surface area contributed by atoms with E-state index in [1.165, 1.54) is 5.56 Å². The second-order valence-electron chi connectivity index (χ2n) is 4.04. The Kier molecular flexibility index (Phi) is 5.56. The van der Waals surface area contributed by atoms with E-state index >= 15 is 0 Å². The molecule has 1 rings (SSSR count). The Hall–Kier alpha value is -0.800. The average Bonchev–Trinajstić information content (AvgIpc) is 2.64. The summed E-state index contributed by atoms with van der Waals surface area (Å²) in [7, 11) is 0. The largest absolute Gasteiger partial charge is 0.465 e. The van der Waals surface area contributed by atoms with Gasteiger partial charge in [-0.2, -0.15) is 0 Å². The summed E-state index contributed by atoms with van der Waals surface area (Å²) < 4.78 is 5.76. The van der Waals surface area contributed by atoms with E-state index in [2.05, 4.69) is 37.1 Å². The van der Waals surface area contributed by atoms with Crippen LogP contribution in [0, 0.1) is 6.92 Å². The summed E-state index contributed by atoms with van der Waals surface area (Å²) >= 11 is 0. The maximum absolute atomic E-state index is 5.76. The summed E-state index contributed by atoms with van der Waals surface area (Å²) in [4.78, 5) is 2.36. The number of furan rings is 1. The molecule has 92 valence electrons. The summed E-state index contributed by atoms with van der Waals surface area (Å²) in [5.74, 6) is 2.12. The van der Waals surface area contributed by atoms with E-state index in [9.17, 15) is 0 Å². The molecule has 0 saturated heterocycles. The van der Waals surface area contributed by atoms with Crippen molar-refractivity contribution >= 4 is 0 Å². The molecule has 3 nitrogen and oxygen atoms in total. The molecule has 0 radical (unpaired) electrons. The maximum atomic E-state index is 5.76. The number of rotatable bonds is 7. The molecule has 16 heavy (non-hydrogen) atoms. The second kappa shape index (κ2) is 6.71. The van der Waals surface area contributed by atoms with Crippen molar-refractivity contribution in [3.05, 3.63) is 23.2 Å². The normalized spacial score (nSPS) is 11.3. The van der Waals surface area contributed by atoms with Crippen molar-refractivity contribution in [3.8, 4) is 0 Å². The van der Waals surface area contributed by atoms with Crippen LogP contribution in [0.1, 0.15) is 37.9 Å². The first kappa shape index (κ1) is 13.3. The Balaban J connectivity index is 2.61. The van der Waals surface area contributed by atoms with Gasteiger partial charge in [0.2, 0.25) is 0 Å². The molecule has 0 spiro atoms. The van der Waals surface area contributed by atoms with E-state index in [1.807, 2.05) is 6.92 Å². The van der Waals surface area contributed by atoms with Crippen LogP contribution in [0.5, 0.6) is 0 Å². The lowest BCUT2D eigenvalue weighted by molar-refractivity contribution is 0.266. The molecule has 1 aromatic rings. The van der Waals surface area contributed by atoms with Crippen LogP contribution in [-0.2, 0) is 13.1 Å². The minimum Gasteiger partial charge on any atom is -0.465 e. The van der Waals surface area contributed by atoms with Crippen molar-refractivity contribution in [1.29, 1.82) is 0 Å². The molecular weight excluding hydrogens is 200 g/mol. The van der Waals surface area contributed by atoms with Crippen LogP contribution in [0.4, 0.5) is 0 Å². The van der Waals surface area contributed by atoms with Gasteiger partial charge in [0.1, 0.15) is 11.5 Å². The highest BCUT2D eigenvalue weighted by Crippen LogP contribution is 2.16. The molecule has 0 aliphatic heterocycles. The molecule has 0 unspecified atom stereocenters. The summed E-state index contributed by atoms with van der Waals surface area (Å²) in [6, 6.07) is 2.18. The van der Waals surface area contributed by atoms with Gasteiger partial charge in [-0.15, -0.1) is 0 Å². The molecule has 0 aliphatic rings. The first-order chi connectivity index (χ1) is 7.71. The molecule has 0 fully saturated rings. The van der Waals surface area contributed by atoms with E-state index in [0.29, 0.717) is 0 Å². The minimum absolute atomic E-state index is 0.907. The molecule has 1 N–H and O–H groups in total. The molecule has 0 amide bonds. The molecule has 3 heteroatoms. The van der Waals surface area contributed by atoms with Crippen LogP contribution in [0.15, 0.2) is 10.5 Å². The summed E-state index contributed by atoms with van der Waals surface area (Å²) in [6.07, 6.45) is 0. The molecule has 0 aromatic carbocycles. The van der Waals surface area contributed by atoms with Crippen LogP contribution in [0.25, 0.3) is 0 Å². The van der Waals surface area contributed by atoms with Crippen molar-refractivity contribution in [2.24, 2.45) is 0 Å². The smallest absolute Gasteiger partial charge is 0.118 e. The Morgan fingerprint density at radius 2 is 1.94 bits per heavy atom. The van der Waals surface area contributed by atoms with Crippen molar-refractivity contribution in [2.45, 2.75) is 40.8 Å². The molecule has 0 atom stereocenters. The topological polar surface area (TPSA) is 28.4 Å². The Morgan fingerprint density at radius 3 is 2.50 bits per heavy atom. The fourth-order valence-electron chi connectivity index (χ4n) is 1.77. The lowest BCUT2D eigenvalue weighted by Gasteiger charge is -2.15. The van der Waals surface area contributed by atoms with Crippen LogP contribution >= 0.6 is 0 Å². The Morgan fingerprint density at radius 1 is 1.25 bits per heavy atom. The first-order valence-corrected chi connectivity index (χ1v) is 6.22. The third-order valence-corrected chi connectivity index (χ3v) is 2.91. The van der Waals surface area contributed by atoms with Crippen LogP contribution in [0.2, 0.25) is 0 Å². The van der Waals surface area contributed by atoms with E-state index in [4.69, 9.17) is 4.42 Å². The van der Waals surface area contributed by atoms with Gasteiger partial charge in [0.25, 0.3) is 0 Å². The van der Waals surface area contributed by atoms with Gasteiger partial charge in [-0.1, -0.05) is 20.8 Å². The molecule has 0 bridgehead atoms. The molecular formula is C13H24N2O. The highest BCUT2D eigenvalue weighted by molar-refractivity contribution is 5.20. The van der Waals surface area contributed by atoms with E-state index < -0.39 is 0 Å². The third kappa shape index (κ3) is 3.65. The number of hydrogen-bond acceptors (Lipinski definition) is 3. The third-order valence-electron chi connectivity index (χ3n) is 2.91. The van der Waals surface area contributed by atoms with Crippen LogP contribution in [0.3, 0.4) is 0 Å². The summed E-state index contributed by atoms with van der Waals surface area (Å²) in [5, 5.41) is 3.33. The van der Waals surface area contributed by atoms with Gasteiger partial charge in [-0.3, -0.25) is 4.90 Å². The van der Waals surface area contributed by atoms with Crippen LogP contribution < -0.4 is 5.32 Å². The van der Waals surface area contributed by atoms with Crippen LogP contribution in [-0.4, -0.2) is 24.5 Å². The fourth-order valence-corrected chi connectivity index (χ4v) is 1.77. The lowest BCUT2D eigenvalue weighted by Crippen LogP contribution is -2.21. The quantitative estimate of drug-likeness (QED) is 0.771. The molecule has 1 aromatic heterocycles. The molecule has 0 saturated carbocycles. The maximum Gasteiger partial charge on any atom is 0.118 e. The van der Waals surface area contributed by atoms with Gasteiger partial charge in [-0.05, 0) is 32.6 Å². The minimum atomic E-state index is 0.907. The van der Waals surface area contributed by atoms with Gasteiger partial charge in [0, 0.05) is 12.1 Å². The van der Waals surface area contributed by atoms with Gasteiger partial charge in [-0.25, -0.2) is 0 Å². The van der Waals surface area contributed by atoms with Gasteiger partial charge in [0.15, 0.2) is 0 Å². The average molecular weight is 224 g/mol. The summed E-state index contributed by atoms with van der Waals surface area (Å²) in [6.45, 7) is 13.5. The highest BCUT2D eigenvalue weighted by Gasteiger charge is 2.09. The van der Waals surface area contributed by atoms with Gasteiger partial charge in [0.05, 0.1) is 6.54 Å². The summed E-state index contributed by atoms with van der Waals surface area (Å²) in [5.41, 5.74) is 1.28. The standard InChI is InChI=1S/C13H24N2O/c1-5-14-9-12-8-13(16-11(12)4)10-15(6-2)7-3/h8,14H,5-7,9-10H2,1-4H3. The second-order valence-corrected chi connectivity index (χ2v) is 4.04. The lowest BCUT2D eigenvalue weighted by atomic mass is 10.2. The Bertz CT molecular complexity index is 303.